The molecule has 144 valence electrons. The fraction of sp³-hybridized carbons (Fsp3) is 0.316. The van der Waals surface area contributed by atoms with Gasteiger partial charge < -0.3 is 5.32 Å². The fourth-order valence-electron chi connectivity index (χ4n) is 3.07. The van der Waals surface area contributed by atoms with E-state index in [2.05, 4.69) is 5.32 Å². The molecule has 0 bridgehead atoms. The lowest BCUT2D eigenvalue weighted by molar-refractivity contribution is 0.102. The summed E-state index contributed by atoms with van der Waals surface area (Å²) < 4.78 is 40.6. The molecule has 5 nitrogen and oxygen atoms in total. The lowest BCUT2D eigenvalue weighted by atomic mass is 10.2. The lowest BCUT2D eigenvalue weighted by Crippen LogP contribution is -2.36. The highest BCUT2D eigenvalue weighted by Gasteiger charge is 2.27. The molecule has 2 aromatic rings. The zero-order valence-electron chi connectivity index (χ0n) is 14.8. The van der Waals surface area contributed by atoms with E-state index < -0.39 is 21.7 Å². The van der Waals surface area contributed by atoms with Gasteiger partial charge in [-0.15, -0.1) is 0 Å². The number of piperidine rings is 1. The first-order valence-corrected chi connectivity index (χ1v) is 10.5. The van der Waals surface area contributed by atoms with Crippen molar-refractivity contribution >= 4 is 33.2 Å². The first-order chi connectivity index (χ1) is 12.8. The van der Waals surface area contributed by atoms with Gasteiger partial charge in [-0.2, -0.15) is 4.31 Å². The van der Waals surface area contributed by atoms with Gasteiger partial charge in [-0.3, -0.25) is 4.79 Å². The van der Waals surface area contributed by atoms with Crippen LogP contribution in [0.2, 0.25) is 5.02 Å². The maximum Gasteiger partial charge on any atom is 0.257 e. The van der Waals surface area contributed by atoms with Gasteiger partial charge in [-0.25, -0.2) is 12.8 Å². The van der Waals surface area contributed by atoms with Crippen molar-refractivity contribution in [3.8, 4) is 0 Å². The molecular weight excluding hydrogens is 391 g/mol. The molecule has 0 atom stereocenters. The van der Waals surface area contributed by atoms with Crippen molar-refractivity contribution in [3.63, 3.8) is 0 Å². The Morgan fingerprint density at radius 1 is 1.11 bits per heavy atom. The lowest BCUT2D eigenvalue weighted by Gasteiger charge is -2.26. The van der Waals surface area contributed by atoms with E-state index in [4.69, 9.17) is 11.6 Å². The third-order valence-corrected chi connectivity index (χ3v) is 6.91. The Morgan fingerprint density at radius 3 is 2.48 bits per heavy atom. The van der Waals surface area contributed by atoms with Crippen LogP contribution in [0.25, 0.3) is 0 Å². The number of amides is 1. The average molecular weight is 411 g/mol. The standard InChI is InChI=1S/C19H20ClFN2O3S/c1-13-5-7-15(22-19(24)16-8-6-14(21)11-17(16)20)12-18(13)27(25,26)23-9-3-2-4-10-23/h5-8,11-12H,2-4,9-10H2,1H3,(H,22,24). The van der Waals surface area contributed by atoms with Gasteiger partial charge in [0.25, 0.3) is 5.91 Å². The van der Waals surface area contributed by atoms with Gasteiger partial charge in [0, 0.05) is 18.8 Å². The predicted molar refractivity (Wildman–Crippen MR) is 103 cm³/mol. The van der Waals surface area contributed by atoms with Crippen molar-refractivity contribution in [1.29, 1.82) is 0 Å². The van der Waals surface area contributed by atoms with Crippen LogP contribution >= 0.6 is 11.6 Å². The Labute approximate surface area is 163 Å². The number of aryl methyl sites for hydroxylation is 1. The van der Waals surface area contributed by atoms with E-state index in [0.29, 0.717) is 24.3 Å². The summed E-state index contributed by atoms with van der Waals surface area (Å²) in [6, 6.07) is 8.21. The topological polar surface area (TPSA) is 66.5 Å². The highest BCUT2D eigenvalue weighted by atomic mass is 35.5. The molecule has 1 aliphatic rings. The molecule has 0 aliphatic carbocycles. The van der Waals surface area contributed by atoms with Crippen molar-refractivity contribution < 1.29 is 17.6 Å². The Bertz CT molecular complexity index is 973. The Balaban J connectivity index is 1.88. The monoisotopic (exact) mass is 410 g/mol. The highest BCUT2D eigenvalue weighted by Crippen LogP contribution is 2.27. The van der Waals surface area contributed by atoms with Gasteiger partial charge in [0.2, 0.25) is 10.0 Å². The number of anilines is 1. The van der Waals surface area contributed by atoms with E-state index in [1.807, 2.05) is 0 Å². The van der Waals surface area contributed by atoms with E-state index in [9.17, 15) is 17.6 Å². The van der Waals surface area contributed by atoms with Crippen LogP contribution in [0.3, 0.4) is 0 Å². The van der Waals surface area contributed by atoms with Crippen LogP contribution < -0.4 is 5.32 Å². The van der Waals surface area contributed by atoms with Crippen LogP contribution in [-0.4, -0.2) is 31.7 Å². The molecule has 1 N–H and O–H groups in total. The second kappa shape index (κ2) is 7.96. The summed E-state index contributed by atoms with van der Waals surface area (Å²) in [7, 11) is -3.62. The highest BCUT2D eigenvalue weighted by molar-refractivity contribution is 7.89. The molecule has 0 spiro atoms. The molecule has 2 aromatic carbocycles. The SMILES string of the molecule is Cc1ccc(NC(=O)c2ccc(F)cc2Cl)cc1S(=O)(=O)N1CCCCC1. The number of benzene rings is 2. The Hall–Kier alpha value is -1.96. The second-order valence-electron chi connectivity index (χ2n) is 6.52. The third-order valence-electron chi connectivity index (χ3n) is 4.55. The summed E-state index contributed by atoms with van der Waals surface area (Å²) in [6.45, 7) is 2.73. The quantitative estimate of drug-likeness (QED) is 0.820. The maximum atomic E-state index is 13.2. The molecule has 8 heteroatoms. The smallest absolute Gasteiger partial charge is 0.257 e. The number of nitrogens with one attached hydrogen (secondary N) is 1. The first kappa shape index (κ1) is 19.8. The molecular formula is C19H20ClFN2O3S. The number of hydrogen-bond donors (Lipinski definition) is 1. The normalized spacial score (nSPS) is 15.5. The molecule has 0 saturated carbocycles. The zero-order chi connectivity index (χ0) is 19.6. The van der Waals surface area contributed by atoms with Crippen LogP contribution in [0.15, 0.2) is 41.3 Å². The summed E-state index contributed by atoms with van der Waals surface area (Å²) >= 11 is 5.92. The number of sulfonamides is 1. The number of rotatable bonds is 4. The predicted octanol–water partition coefficient (Wildman–Crippen LogP) is 4.21. The molecule has 0 unspecified atom stereocenters. The number of carbonyl (C=O) groups is 1. The van der Waals surface area contributed by atoms with Crippen LogP contribution in [0.5, 0.6) is 0 Å². The van der Waals surface area contributed by atoms with Crippen molar-refractivity contribution in [2.75, 3.05) is 18.4 Å². The zero-order valence-corrected chi connectivity index (χ0v) is 16.4. The Kier molecular flexibility index (Phi) is 5.83. The first-order valence-electron chi connectivity index (χ1n) is 8.66. The van der Waals surface area contributed by atoms with Crippen molar-refractivity contribution in [1.82, 2.24) is 4.31 Å². The van der Waals surface area contributed by atoms with Gasteiger partial charge in [-0.1, -0.05) is 24.1 Å². The minimum absolute atomic E-state index is 0.0132. The molecule has 1 fully saturated rings. The van der Waals surface area contributed by atoms with Crippen molar-refractivity contribution in [3.05, 3.63) is 58.4 Å². The van der Waals surface area contributed by atoms with Gasteiger partial charge in [0.15, 0.2) is 0 Å². The Morgan fingerprint density at radius 2 is 1.81 bits per heavy atom. The van der Waals surface area contributed by atoms with Crippen LogP contribution in [0.4, 0.5) is 10.1 Å². The molecule has 1 saturated heterocycles. The molecule has 0 aromatic heterocycles. The number of hydrogen-bond acceptors (Lipinski definition) is 3. The van der Waals surface area contributed by atoms with E-state index in [1.54, 1.807) is 19.1 Å². The van der Waals surface area contributed by atoms with E-state index in [0.717, 1.165) is 31.4 Å². The summed E-state index contributed by atoms with van der Waals surface area (Å²) in [5.74, 6) is -1.08. The fourth-order valence-corrected chi connectivity index (χ4v) is 5.09. The van der Waals surface area contributed by atoms with Gasteiger partial charge in [0.05, 0.1) is 15.5 Å². The van der Waals surface area contributed by atoms with Crippen molar-refractivity contribution in [2.45, 2.75) is 31.1 Å². The molecule has 1 heterocycles. The average Bonchev–Trinajstić information content (AvgIpc) is 2.63. The molecule has 0 radical (unpaired) electrons. The third kappa shape index (κ3) is 4.31. The summed E-state index contributed by atoms with van der Waals surface area (Å²) in [6.07, 6.45) is 2.72. The molecule has 3 rings (SSSR count). The summed E-state index contributed by atoms with van der Waals surface area (Å²) in [5, 5.41) is 2.62. The minimum Gasteiger partial charge on any atom is -0.322 e. The molecule has 1 amide bonds. The minimum atomic E-state index is -3.62. The number of nitrogens with zero attached hydrogens (tertiary/aromatic N) is 1. The number of carbonyl (C=O) groups excluding carboxylic acids is 1. The van der Waals surface area contributed by atoms with Gasteiger partial charge >= 0.3 is 0 Å². The molecule has 1 aliphatic heterocycles. The van der Waals surface area contributed by atoms with Crippen molar-refractivity contribution in [2.24, 2.45) is 0 Å². The maximum absolute atomic E-state index is 13.2. The van der Waals surface area contributed by atoms with E-state index in [-0.39, 0.29) is 15.5 Å². The van der Waals surface area contributed by atoms with Gasteiger partial charge in [0.1, 0.15) is 5.82 Å². The number of halogens is 2. The van der Waals surface area contributed by atoms with Crippen LogP contribution in [-0.2, 0) is 10.0 Å². The van der Waals surface area contributed by atoms with Gasteiger partial charge in [-0.05, 0) is 55.7 Å². The second-order valence-corrected chi connectivity index (χ2v) is 8.84. The van der Waals surface area contributed by atoms with E-state index in [1.165, 1.54) is 16.4 Å². The van der Waals surface area contributed by atoms with E-state index >= 15 is 0 Å². The van der Waals surface area contributed by atoms with Crippen LogP contribution in [0.1, 0.15) is 35.2 Å². The van der Waals surface area contributed by atoms with Crippen LogP contribution in [0, 0.1) is 12.7 Å². The summed E-state index contributed by atoms with van der Waals surface area (Å²) in [4.78, 5) is 12.6. The largest absolute Gasteiger partial charge is 0.322 e. The summed E-state index contributed by atoms with van der Waals surface area (Å²) in [5.41, 5.74) is 1.05. The molecule has 27 heavy (non-hydrogen) atoms.